The van der Waals surface area contributed by atoms with E-state index in [0.717, 1.165) is 17.7 Å². The summed E-state index contributed by atoms with van der Waals surface area (Å²) in [6.07, 6.45) is 0.836. The molecule has 1 aromatic rings. The number of hydrazine groups is 1. The van der Waals surface area contributed by atoms with E-state index in [4.69, 9.17) is 15.3 Å². The molecule has 0 radical (unpaired) electrons. The molecule has 0 fully saturated rings. The highest BCUT2D eigenvalue weighted by Gasteiger charge is 2.09. The summed E-state index contributed by atoms with van der Waals surface area (Å²) >= 11 is 0. The molecule has 0 aliphatic heterocycles. The lowest BCUT2D eigenvalue weighted by Gasteiger charge is -2.16. The van der Waals surface area contributed by atoms with Crippen molar-refractivity contribution in [2.45, 2.75) is 19.4 Å². The number of methoxy groups -OCH3 is 1. The fourth-order valence-corrected chi connectivity index (χ4v) is 1.57. The molecule has 0 aromatic heterocycles. The first kappa shape index (κ1) is 13.0. The summed E-state index contributed by atoms with van der Waals surface area (Å²) < 4.78 is 10.5. The Bertz CT molecular complexity index is 305. The Kier molecular flexibility index (Phi) is 5.85. The fraction of sp³-hybridized carbons (Fsp3) is 0.500. The molecule has 1 atom stereocenters. The van der Waals surface area contributed by atoms with Crippen LogP contribution in [0.2, 0.25) is 0 Å². The van der Waals surface area contributed by atoms with E-state index < -0.39 is 0 Å². The van der Waals surface area contributed by atoms with Crippen LogP contribution in [0.5, 0.6) is 5.75 Å². The number of hydrogen-bond acceptors (Lipinski definition) is 4. The van der Waals surface area contributed by atoms with Crippen LogP contribution in [0.15, 0.2) is 24.3 Å². The minimum Gasteiger partial charge on any atom is -0.494 e. The zero-order chi connectivity index (χ0) is 11.8. The van der Waals surface area contributed by atoms with Crippen molar-refractivity contribution in [3.63, 3.8) is 0 Å². The maximum absolute atomic E-state index is 5.52. The van der Waals surface area contributed by atoms with E-state index in [1.54, 1.807) is 7.11 Å². The van der Waals surface area contributed by atoms with Crippen LogP contribution in [0.1, 0.15) is 24.9 Å². The van der Waals surface area contributed by atoms with E-state index in [-0.39, 0.29) is 6.04 Å². The van der Waals surface area contributed by atoms with Crippen molar-refractivity contribution in [1.29, 1.82) is 0 Å². The number of nitrogens with two attached hydrogens (primary N) is 1. The highest BCUT2D eigenvalue weighted by Crippen LogP contribution is 2.21. The molecule has 0 saturated heterocycles. The van der Waals surface area contributed by atoms with Gasteiger partial charge in [0.15, 0.2) is 0 Å². The number of ether oxygens (including phenoxy) is 2. The molecule has 1 unspecified atom stereocenters. The van der Waals surface area contributed by atoms with Crippen molar-refractivity contribution in [2.24, 2.45) is 5.84 Å². The van der Waals surface area contributed by atoms with Crippen LogP contribution in [0.25, 0.3) is 0 Å². The van der Waals surface area contributed by atoms with E-state index >= 15 is 0 Å². The van der Waals surface area contributed by atoms with E-state index in [9.17, 15) is 0 Å². The second-order valence-corrected chi connectivity index (χ2v) is 3.51. The van der Waals surface area contributed by atoms with Crippen molar-refractivity contribution in [3.05, 3.63) is 29.8 Å². The van der Waals surface area contributed by atoms with Gasteiger partial charge in [-0.3, -0.25) is 11.3 Å². The van der Waals surface area contributed by atoms with Gasteiger partial charge < -0.3 is 9.47 Å². The molecular formula is C12H20N2O2. The summed E-state index contributed by atoms with van der Waals surface area (Å²) in [5.74, 6) is 6.40. The average molecular weight is 224 g/mol. The molecule has 4 heteroatoms. The van der Waals surface area contributed by atoms with Gasteiger partial charge in [0.1, 0.15) is 5.75 Å². The van der Waals surface area contributed by atoms with Gasteiger partial charge in [-0.1, -0.05) is 12.1 Å². The third-order valence-corrected chi connectivity index (χ3v) is 2.38. The lowest BCUT2D eigenvalue weighted by molar-refractivity contribution is 0.183. The molecule has 1 aromatic carbocycles. The fourth-order valence-electron chi connectivity index (χ4n) is 1.57. The SMILES string of the molecule is CCOc1cccc(C(CCOC)NN)c1. The molecule has 0 aliphatic rings. The number of benzene rings is 1. The normalized spacial score (nSPS) is 12.4. The van der Waals surface area contributed by atoms with Gasteiger partial charge in [0.25, 0.3) is 0 Å². The molecule has 3 N–H and O–H groups in total. The Morgan fingerprint density at radius 3 is 2.88 bits per heavy atom. The molecule has 0 aliphatic carbocycles. The van der Waals surface area contributed by atoms with Crippen LogP contribution in [0.3, 0.4) is 0 Å². The number of nitrogens with one attached hydrogen (secondary N) is 1. The van der Waals surface area contributed by atoms with Crippen LogP contribution < -0.4 is 16.0 Å². The van der Waals surface area contributed by atoms with Gasteiger partial charge in [0.2, 0.25) is 0 Å². The third kappa shape index (κ3) is 3.81. The van der Waals surface area contributed by atoms with Crippen molar-refractivity contribution < 1.29 is 9.47 Å². The largest absolute Gasteiger partial charge is 0.494 e. The van der Waals surface area contributed by atoms with E-state index in [2.05, 4.69) is 5.43 Å². The lowest BCUT2D eigenvalue weighted by Crippen LogP contribution is -2.28. The lowest BCUT2D eigenvalue weighted by atomic mass is 10.0. The average Bonchev–Trinajstić information content (AvgIpc) is 2.31. The Labute approximate surface area is 96.7 Å². The molecule has 0 heterocycles. The van der Waals surface area contributed by atoms with Gasteiger partial charge in [-0.2, -0.15) is 0 Å². The van der Waals surface area contributed by atoms with Gasteiger partial charge in [0.05, 0.1) is 6.61 Å². The first-order chi connectivity index (χ1) is 7.81. The smallest absolute Gasteiger partial charge is 0.119 e. The highest BCUT2D eigenvalue weighted by molar-refractivity contribution is 5.30. The van der Waals surface area contributed by atoms with E-state index in [1.165, 1.54) is 0 Å². The quantitative estimate of drug-likeness (QED) is 0.546. The standard InChI is InChI=1S/C12H20N2O2/c1-3-16-11-6-4-5-10(9-11)12(14-13)7-8-15-2/h4-6,9,12,14H,3,7-8,13H2,1-2H3. The van der Waals surface area contributed by atoms with Crippen LogP contribution in [-0.2, 0) is 4.74 Å². The zero-order valence-corrected chi connectivity index (χ0v) is 9.90. The van der Waals surface area contributed by atoms with Gasteiger partial charge >= 0.3 is 0 Å². The van der Waals surface area contributed by atoms with Gasteiger partial charge in [-0.05, 0) is 31.0 Å². The maximum atomic E-state index is 5.52. The second-order valence-electron chi connectivity index (χ2n) is 3.51. The molecule has 90 valence electrons. The van der Waals surface area contributed by atoms with Crippen LogP contribution >= 0.6 is 0 Å². The predicted octanol–water partition coefficient (Wildman–Crippen LogP) is 1.63. The molecular weight excluding hydrogens is 204 g/mol. The van der Waals surface area contributed by atoms with Crippen molar-refractivity contribution in [2.75, 3.05) is 20.3 Å². The summed E-state index contributed by atoms with van der Waals surface area (Å²) in [6.45, 7) is 3.31. The molecule has 0 spiro atoms. The number of hydrogen-bond donors (Lipinski definition) is 2. The van der Waals surface area contributed by atoms with Crippen LogP contribution in [0, 0.1) is 0 Å². The predicted molar refractivity (Wildman–Crippen MR) is 64.2 cm³/mol. The zero-order valence-electron chi connectivity index (χ0n) is 9.90. The third-order valence-electron chi connectivity index (χ3n) is 2.38. The van der Waals surface area contributed by atoms with E-state index in [0.29, 0.717) is 13.2 Å². The van der Waals surface area contributed by atoms with Crippen LogP contribution in [0.4, 0.5) is 0 Å². The topological polar surface area (TPSA) is 56.5 Å². The summed E-state index contributed by atoms with van der Waals surface area (Å²) in [4.78, 5) is 0. The molecule has 0 bridgehead atoms. The summed E-state index contributed by atoms with van der Waals surface area (Å²) in [5.41, 5.74) is 3.90. The minimum atomic E-state index is 0.0976. The monoisotopic (exact) mass is 224 g/mol. The van der Waals surface area contributed by atoms with Gasteiger partial charge in [0, 0.05) is 19.8 Å². The molecule has 0 amide bonds. The highest BCUT2D eigenvalue weighted by atomic mass is 16.5. The summed E-state index contributed by atoms with van der Waals surface area (Å²) in [7, 11) is 1.68. The summed E-state index contributed by atoms with van der Waals surface area (Å²) in [5, 5.41) is 0. The summed E-state index contributed by atoms with van der Waals surface area (Å²) in [6, 6.07) is 8.04. The van der Waals surface area contributed by atoms with Crippen molar-refractivity contribution in [3.8, 4) is 5.75 Å². The van der Waals surface area contributed by atoms with Gasteiger partial charge in [-0.25, -0.2) is 0 Å². The maximum Gasteiger partial charge on any atom is 0.119 e. The molecule has 0 saturated carbocycles. The van der Waals surface area contributed by atoms with Crippen LogP contribution in [-0.4, -0.2) is 20.3 Å². The van der Waals surface area contributed by atoms with Gasteiger partial charge in [-0.15, -0.1) is 0 Å². The first-order valence-electron chi connectivity index (χ1n) is 5.49. The molecule has 4 nitrogen and oxygen atoms in total. The van der Waals surface area contributed by atoms with Crippen molar-refractivity contribution in [1.82, 2.24) is 5.43 Å². The Morgan fingerprint density at radius 2 is 2.25 bits per heavy atom. The first-order valence-corrected chi connectivity index (χ1v) is 5.49. The Morgan fingerprint density at radius 1 is 1.44 bits per heavy atom. The Balaban J connectivity index is 2.71. The van der Waals surface area contributed by atoms with E-state index in [1.807, 2.05) is 31.2 Å². The second kappa shape index (κ2) is 7.22. The molecule has 1 rings (SSSR count). The Hall–Kier alpha value is -1.10. The number of rotatable bonds is 7. The minimum absolute atomic E-state index is 0.0976. The molecule has 16 heavy (non-hydrogen) atoms. The van der Waals surface area contributed by atoms with Crippen molar-refractivity contribution >= 4 is 0 Å².